The molecule has 2 heterocycles. The molecular formula is C20H15F4N3O. The number of hydrogen-bond donors (Lipinski definition) is 1. The lowest BCUT2D eigenvalue weighted by Crippen LogP contribution is -2.32. The second-order valence-corrected chi connectivity index (χ2v) is 5.93. The number of alkyl halides is 4. The second kappa shape index (κ2) is 8.16. The van der Waals surface area contributed by atoms with Crippen LogP contribution in [0.25, 0.3) is 0 Å². The van der Waals surface area contributed by atoms with Crippen LogP contribution in [-0.2, 0) is 12.9 Å². The molecule has 0 unspecified atom stereocenters. The highest BCUT2D eigenvalue weighted by atomic mass is 19.4. The third-order valence-corrected chi connectivity index (χ3v) is 4.06. The highest BCUT2D eigenvalue weighted by Gasteiger charge is 2.37. The molecule has 0 bridgehead atoms. The number of amides is 1. The van der Waals surface area contributed by atoms with Crippen LogP contribution in [0.1, 0.15) is 38.9 Å². The van der Waals surface area contributed by atoms with E-state index in [0.29, 0.717) is 11.1 Å². The molecule has 8 heteroatoms. The van der Waals surface area contributed by atoms with Gasteiger partial charge < -0.3 is 5.32 Å². The van der Waals surface area contributed by atoms with Gasteiger partial charge in [0.1, 0.15) is 12.4 Å². The van der Waals surface area contributed by atoms with E-state index in [-0.39, 0.29) is 11.4 Å². The van der Waals surface area contributed by atoms with Crippen LogP contribution in [0, 0.1) is 0 Å². The Bertz CT molecular complexity index is 944. The highest BCUT2D eigenvalue weighted by Crippen LogP contribution is 2.35. The molecule has 0 radical (unpaired) electrons. The first-order valence-corrected chi connectivity index (χ1v) is 8.29. The van der Waals surface area contributed by atoms with Crippen LogP contribution < -0.4 is 5.32 Å². The molecule has 1 aromatic carbocycles. The normalized spacial score (nSPS) is 12.4. The number of pyridine rings is 2. The number of nitrogens with one attached hydrogen (secondary N) is 1. The Morgan fingerprint density at radius 2 is 1.68 bits per heavy atom. The van der Waals surface area contributed by atoms with Crippen molar-refractivity contribution in [3.63, 3.8) is 0 Å². The summed E-state index contributed by atoms with van der Waals surface area (Å²) in [4.78, 5) is 20.3. The van der Waals surface area contributed by atoms with Gasteiger partial charge in [0, 0.05) is 12.4 Å². The highest BCUT2D eigenvalue weighted by molar-refractivity contribution is 5.92. The molecule has 1 amide bonds. The lowest BCUT2D eigenvalue weighted by molar-refractivity contribution is -0.138. The topological polar surface area (TPSA) is 54.9 Å². The van der Waals surface area contributed by atoms with Crippen LogP contribution in [-0.4, -0.2) is 15.9 Å². The van der Waals surface area contributed by atoms with Crippen molar-refractivity contribution in [2.45, 2.75) is 18.9 Å². The average molecular weight is 389 g/mol. The van der Waals surface area contributed by atoms with Crippen molar-refractivity contribution in [3.8, 4) is 0 Å². The van der Waals surface area contributed by atoms with E-state index in [4.69, 9.17) is 0 Å². The van der Waals surface area contributed by atoms with E-state index in [1.165, 1.54) is 48.8 Å². The van der Waals surface area contributed by atoms with Crippen molar-refractivity contribution in [2.75, 3.05) is 0 Å². The van der Waals surface area contributed by atoms with Crippen molar-refractivity contribution >= 4 is 5.91 Å². The summed E-state index contributed by atoms with van der Waals surface area (Å²) in [6.07, 6.45) is -2.03. The van der Waals surface area contributed by atoms with Crippen LogP contribution in [0.3, 0.4) is 0 Å². The fourth-order valence-corrected chi connectivity index (χ4v) is 2.70. The molecule has 1 N–H and O–H groups in total. The number of halogens is 4. The molecule has 144 valence electrons. The first-order chi connectivity index (χ1) is 13.4. The molecule has 3 rings (SSSR count). The zero-order chi connectivity index (χ0) is 20.1. The zero-order valence-corrected chi connectivity index (χ0v) is 14.4. The number of nitrogens with zero attached hydrogens (tertiary/aromatic N) is 2. The van der Waals surface area contributed by atoms with E-state index < -0.39 is 30.4 Å². The van der Waals surface area contributed by atoms with Gasteiger partial charge in [-0.15, -0.1) is 0 Å². The van der Waals surface area contributed by atoms with E-state index in [1.807, 2.05) is 0 Å². The Balaban J connectivity index is 2.06. The summed E-state index contributed by atoms with van der Waals surface area (Å²) in [5.74, 6) is -0.654. The van der Waals surface area contributed by atoms with E-state index >= 15 is 0 Å². The lowest BCUT2D eigenvalue weighted by atomic mass is 9.97. The largest absolute Gasteiger partial charge is 0.418 e. The third-order valence-electron chi connectivity index (χ3n) is 4.06. The van der Waals surface area contributed by atoms with Crippen molar-refractivity contribution in [1.82, 2.24) is 15.3 Å². The standard InChI is InChI=1S/C20H15F4N3O/c21-12-13-6-8-14(9-7-13)17(27-19(28)16-5-1-2-10-25-16)18-15(20(22,23)24)4-3-11-26-18/h1-11,17H,12H2,(H,27,28)/t17-/m0/s1. The fourth-order valence-electron chi connectivity index (χ4n) is 2.70. The van der Waals surface area contributed by atoms with Crippen molar-refractivity contribution in [2.24, 2.45) is 0 Å². The number of benzene rings is 1. The smallest absolute Gasteiger partial charge is 0.338 e. The van der Waals surface area contributed by atoms with Crippen molar-refractivity contribution in [3.05, 3.63) is 95.1 Å². The molecule has 0 saturated carbocycles. The minimum atomic E-state index is -4.66. The molecule has 0 aliphatic rings. The summed E-state index contributed by atoms with van der Waals surface area (Å²) in [6.45, 7) is -0.706. The van der Waals surface area contributed by atoms with Gasteiger partial charge in [0.15, 0.2) is 0 Å². The number of rotatable bonds is 5. The van der Waals surface area contributed by atoms with E-state index in [0.717, 1.165) is 6.07 Å². The summed E-state index contributed by atoms with van der Waals surface area (Å²) in [5, 5.41) is 2.56. The molecule has 1 atom stereocenters. The second-order valence-electron chi connectivity index (χ2n) is 5.93. The van der Waals surface area contributed by atoms with Gasteiger partial charge >= 0.3 is 6.18 Å². The van der Waals surface area contributed by atoms with Crippen LogP contribution in [0.2, 0.25) is 0 Å². The lowest BCUT2D eigenvalue weighted by Gasteiger charge is -2.22. The summed E-state index contributed by atoms with van der Waals surface area (Å²) in [6, 6.07) is 11.4. The van der Waals surface area contributed by atoms with Gasteiger partial charge in [0.05, 0.1) is 17.3 Å². The molecule has 4 nitrogen and oxygen atoms in total. The maximum absolute atomic E-state index is 13.5. The maximum atomic E-state index is 13.5. The Morgan fingerprint density at radius 3 is 2.29 bits per heavy atom. The van der Waals surface area contributed by atoms with Crippen LogP contribution in [0.5, 0.6) is 0 Å². The van der Waals surface area contributed by atoms with Gasteiger partial charge in [0.2, 0.25) is 0 Å². The maximum Gasteiger partial charge on any atom is 0.418 e. The minimum absolute atomic E-state index is 0.0531. The quantitative estimate of drug-likeness (QED) is 0.655. The molecule has 0 aliphatic carbocycles. The van der Waals surface area contributed by atoms with Gasteiger partial charge in [-0.2, -0.15) is 13.2 Å². The van der Waals surface area contributed by atoms with Gasteiger partial charge in [-0.05, 0) is 35.4 Å². The third kappa shape index (κ3) is 4.33. The molecule has 0 fully saturated rings. The SMILES string of the molecule is O=C(N[C@@H](c1ccc(CF)cc1)c1ncccc1C(F)(F)F)c1ccccn1. The molecule has 0 spiro atoms. The summed E-state index contributed by atoms with van der Waals surface area (Å²) in [5.41, 5.74) is -0.554. The van der Waals surface area contributed by atoms with E-state index in [2.05, 4.69) is 15.3 Å². The summed E-state index contributed by atoms with van der Waals surface area (Å²) < 4.78 is 53.3. The Hall–Kier alpha value is -3.29. The summed E-state index contributed by atoms with van der Waals surface area (Å²) >= 11 is 0. The predicted octanol–water partition coefficient (Wildman–Crippen LogP) is 4.48. The predicted molar refractivity (Wildman–Crippen MR) is 94.0 cm³/mol. The number of aromatic nitrogens is 2. The molecule has 28 heavy (non-hydrogen) atoms. The van der Waals surface area contributed by atoms with Crippen LogP contribution in [0.4, 0.5) is 17.6 Å². The molecular weight excluding hydrogens is 374 g/mol. The summed E-state index contributed by atoms with van der Waals surface area (Å²) in [7, 11) is 0. The van der Waals surface area contributed by atoms with Gasteiger partial charge in [-0.3, -0.25) is 14.8 Å². The van der Waals surface area contributed by atoms with Crippen LogP contribution in [0.15, 0.2) is 67.0 Å². The minimum Gasteiger partial charge on any atom is -0.338 e. The fraction of sp³-hybridized carbons (Fsp3) is 0.150. The van der Waals surface area contributed by atoms with Gasteiger partial charge in [-0.1, -0.05) is 30.3 Å². The molecule has 3 aromatic rings. The number of carbonyl (C=O) groups is 1. The monoisotopic (exact) mass is 389 g/mol. The Morgan fingerprint density at radius 1 is 0.964 bits per heavy atom. The molecule has 0 saturated heterocycles. The molecule has 2 aromatic heterocycles. The molecule has 0 aliphatic heterocycles. The van der Waals surface area contributed by atoms with Gasteiger partial charge in [-0.25, -0.2) is 4.39 Å². The van der Waals surface area contributed by atoms with Crippen molar-refractivity contribution in [1.29, 1.82) is 0 Å². The Labute approximate surface area is 158 Å². The first kappa shape index (κ1) is 19.5. The van der Waals surface area contributed by atoms with E-state index in [1.54, 1.807) is 12.1 Å². The van der Waals surface area contributed by atoms with Crippen LogP contribution >= 0.6 is 0 Å². The van der Waals surface area contributed by atoms with Crippen molar-refractivity contribution < 1.29 is 22.4 Å². The Kier molecular flexibility index (Phi) is 5.67. The first-order valence-electron chi connectivity index (χ1n) is 8.29. The number of hydrogen-bond acceptors (Lipinski definition) is 3. The number of carbonyl (C=O) groups excluding carboxylic acids is 1. The van der Waals surface area contributed by atoms with Gasteiger partial charge in [0.25, 0.3) is 5.91 Å². The zero-order valence-electron chi connectivity index (χ0n) is 14.4. The average Bonchev–Trinajstić information content (AvgIpc) is 2.72. The van der Waals surface area contributed by atoms with E-state index in [9.17, 15) is 22.4 Å².